The Bertz CT molecular complexity index is 1810. The average Bonchev–Trinajstić information content (AvgIpc) is 3.31. The number of fused-ring (bicyclic) bond motifs is 1. The lowest BCUT2D eigenvalue weighted by Crippen LogP contribution is -2.39. The second-order valence-corrected chi connectivity index (χ2v) is 12.0. The molecule has 5 rings (SSSR count). The number of aromatic nitrogens is 2. The zero-order chi connectivity index (χ0) is 29.7. The molecule has 1 amide bonds. The lowest BCUT2D eigenvalue weighted by molar-refractivity contribution is -0.116. The minimum absolute atomic E-state index is 0.119. The molecule has 0 spiro atoms. The zero-order valence-corrected chi connectivity index (χ0v) is 24.8. The van der Waals surface area contributed by atoms with Crippen LogP contribution in [0.25, 0.3) is 27.6 Å². The molecule has 216 valence electrons. The van der Waals surface area contributed by atoms with Crippen LogP contribution in [0.4, 0.5) is 5.82 Å². The molecule has 9 heteroatoms. The summed E-state index contributed by atoms with van der Waals surface area (Å²) in [5.74, 6) is 0.0144. The van der Waals surface area contributed by atoms with Crippen molar-refractivity contribution in [2.24, 2.45) is 0 Å². The number of carbonyl (C=O) groups excluding carboxylic acids is 1. The number of methoxy groups -OCH3 is 1. The summed E-state index contributed by atoms with van der Waals surface area (Å²) in [7, 11) is -2.46. The van der Waals surface area contributed by atoms with Crippen LogP contribution in [0.15, 0.2) is 102 Å². The van der Waals surface area contributed by atoms with E-state index in [0.29, 0.717) is 24.2 Å². The molecular weight excluding hydrogens is 548 g/mol. The van der Waals surface area contributed by atoms with E-state index in [1.54, 1.807) is 30.0 Å². The molecule has 42 heavy (non-hydrogen) atoms. The van der Waals surface area contributed by atoms with Crippen molar-refractivity contribution in [1.82, 2.24) is 14.1 Å². The van der Waals surface area contributed by atoms with Crippen molar-refractivity contribution < 1.29 is 17.9 Å². The van der Waals surface area contributed by atoms with Crippen LogP contribution >= 0.6 is 0 Å². The number of aryl methyl sites for hydroxylation is 2. The Labute approximate surface area is 246 Å². The minimum atomic E-state index is -4.03. The van der Waals surface area contributed by atoms with Gasteiger partial charge in [-0.3, -0.25) is 4.79 Å². The van der Waals surface area contributed by atoms with E-state index < -0.39 is 15.9 Å². The number of carbonyl (C=O) groups is 1. The molecule has 0 saturated heterocycles. The van der Waals surface area contributed by atoms with Crippen molar-refractivity contribution in [2.75, 3.05) is 32.1 Å². The van der Waals surface area contributed by atoms with E-state index in [0.717, 1.165) is 33.5 Å². The van der Waals surface area contributed by atoms with Crippen LogP contribution in [-0.4, -0.2) is 55.2 Å². The predicted octanol–water partition coefficient (Wildman–Crippen LogP) is 5.98. The van der Waals surface area contributed by atoms with Gasteiger partial charge in [0.25, 0.3) is 0 Å². The summed E-state index contributed by atoms with van der Waals surface area (Å²) in [5.41, 5.74) is 4.20. The van der Waals surface area contributed by atoms with Gasteiger partial charge in [-0.1, -0.05) is 84.9 Å². The number of nitrogens with one attached hydrogen (secondary N) is 1. The Hall–Kier alpha value is -4.31. The smallest absolute Gasteiger partial charge is 0.244 e. The summed E-state index contributed by atoms with van der Waals surface area (Å²) in [6.45, 7) is 3.99. The molecule has 0 aliphatic carbocycles. The van der Waals surface area contributed by atoms with Crippen molar-refractivity contribution in [3.63, 3.8) is 0 Å². The summed E-state index contributed by atoms with van der Waals surface area (Å²) in [5, 5.41) is 9.24. The summed E-state index contributed by atoms with van der Waals surface area (Å²) in [4.78, 5) is 13.9. The number of amides is 1. The van der Waals surface area contributed by atoms with Crippen LogP contribution in [0.2, 0.25) is 0 Å². The summed E-state index contributed by atoms with van der Waals surface area (Å²) in [6.07, 6.45) is 0.434. The van der Waals surface area contributed by atoms with E-state index in [1.807, 2.05) is 92.7 Å². The van der Waals surface area contributed by atoms with Crippen molar-refractivity contribution in [2.45, 2.75) is 25.2 Å². The first-order valence-corrected chi connectivity index (χ1v) is 15.2. The summed E-state index contributed by atoms with van der Waals surface area (Å²) >= 11 is 0. The number of benzene rings is 4. The molecule has 0 saturated carbocycles. The highest BCUT2D eigenvalue weighted by Gasteiger charge is 2.29. The Balaban J connectivity index is 1.53. The van der Waals surface area contributed by atoms with Crippen LogP contribution in [0, 0.1) is 13.8 Å². The second-order valence-electron chi connectivity index (χ2n) is 10.1. The van der Waals surface area contributed by atoms with Crippen LogP contribution in [0.3, 0.4) is 0 Å². The number of rotatable bonds is 11. The third-order valence-electron chi connectivity index (χ3n) is 7.17. The molecule has 1 N–H and O–H groups in total. The van der Waals surface area contributed by atoms with Gasteiger partial charge in [-0.05, 0) is 48.9 Å². The van der Waals surface area contributed by atoms with Gasteiger partial charge in [0.15, 0.2) is 0 Å². The van der Waals surface area contributed by atoms with Crippen molar-refractivity contribution in [1.29, 1.82) is 0 Å². The fraction of sp³-hybridized carbons (Fsp3) is 0.212. The highest BCUT2D eigenvalue weighted by Crippen LogP contribution is 2.34. The van der Waals surface area contributed by atoms with Crippen LogP contribution in [0.5, 0.6) is 0 Å². The number of sulfonamides is 1. The zero-order valence-electron chi connectivity index (χ0n) is 23.9. The maximum absolute atomic E-state index is 14.0. The molecule has 5 aromatic rings. The highest BCUT2D eigenvalue weighted by molar-refractivity contribution is 7.89. The van der Waals surface area contributed by atoms with E-state index in [-0.39, 0.29) is 18.0 Å². The number of nitrogens with zero attached hydrogens (tertiary/aromatic N) is 3. The van der Waals surface area contributed by atoms with Gasteiger partial charge in [0.1, 0.15) is 5.82 Å². The molecule has 0 radical (unpaired) electrons. The second kappa shape index (κ2) is 12.7. The molecular formula is C33H34N4O4S. The third-order valence-corrected chi connectivity index (χ3v) is 9.07. The predicted molar refractivity (Wildman–Crippen MR) is 166 cm³/mol. The summed E-state index contributed by atoms with van der Waals surface area (Å²) < 4.78 is 36.2. The van der Waals surface area contributed by atoms with Gasteiger partial charge >= 0.3 is 0 Å². The molecule has 0 bridgehead atoms. The van der Waals surface area contributed by atoms with E-state index in [1.165, 1.54) is 4.31 Å². The maximum Gasteiger partial charge on any atom is 0.244 e. The fourth-order valence-electron chi connectivity index (χ4n) is 5.13. The number of para-hydroxylation sites is 1. The Kier molecular flexibility index (Phi) is 8.82. The normalized spacial score (nSPS) is 11.7. The molecule has 0 aliphatic heterocycles. The molecule has 1 heterocycles. The Morgan fingerprint density at radius 2 is 1.60 bits per heavy atom. The van der Waals surface area contributed by atoms with E-state index in [2.05, 4.69) is 5.32 Å². The molecule has 0 unspecified atom stereocenters. The van der Waals surface area contributed by atoms with Gasteiger partial charge in [0.05, 0.1) is 22.8 Å². The fourth-order valence-corrected chi connectivity index (χ4v) is 6.78. The Morgan fingerprint density at radius 1 is 0.905 bits per heavy atom. The van der Waals surface area contributed by atoms with Crippen molar-refractivity contribution >= 4 is 32.5 Å². The van der Waals surface area contributed by atoms with Gasteiger partial charge < -0.3 is 10.1 Å². The summed E-state index contributed by atoms with van der Waals surface area (Å²) in [6, 6.07) is 30.0. The number of anilines is 1. The van der Waals surface area contributed by atoms with Crippen LogP contribution in [0.1, 0.15) is 17.7 Å². The van der Waals surface area contributed by atoms with E-state index >= 15 is 0 Å². The van der Waals surface area contributed by atoms with Gasteiger partial charge in [-0.15, -0.1) is 0 Å². The van der Waals surface area contributed by atoms with Crippen LogP contribution < -0.4 is 5.32 Å². The molecule has 1 aromatic heterocycles. The maximum atomic E-state index is 14.0. The monoisotopic (exact) mass is 582 g/mol. The van der Waals surface area contributed by atoms with Gasteiger partial charge in [0, 0.05) is 31.2 Å². The third kappa shape index (κ3) is 5.99. The van der Waals surface area contributed by atoms with Crippen molar-refractivity contribution in [3.05, 3.63) is 108 Å². The molecule has 0 aliphatic rings. The number of hydrogen-bond donors (Lipinski definition) is 1. The molecule has 8 nitrogen and oxygen atoms in total. The van der Waals surface area contributed by atoms with Gasteiger partial charge in [0.2, 0.25) is 15.9 Å². The topological polar surface area (TPSA) is 93.5 Å². The van der Waals surface area contributed by atoms with Crippen molar-refractivity contribution in [3.8, 4) is 16.8 Å². The van der Waals surface area contributed by atoms with Gasteiger partial charge in [-0.2, -0.15) is 9.40 Å². The Morgan fingerprint density at radius 3 is 2.36 bits per heavy atom. The van der Waals surface area contributed by atoms with Gasteiger partial charge in [-0.25, -0.2) is 13.1 Å². The standard InChI is InChI=1S/C33H34N4O4S/c1-24-13-7-10-19-29(24)37-33(32(25(2)35-37)27-15-5-4-6-16-27)34-31(38)23-36(21-12-22-41-3)42(39,40)30-20-11-17-26-14-8-9-18-28(26)30/h4-11,13-20H,12,21-23H2,1-3H3,(H,34,38). The largest absolute Gasteiger partial charge is 0.385 e. The minimum Gasteiger partial charge on any atom is -0.385 e. The first kappa shape index (κ1) is 29.2. The SMILES string of the molecule is COCCCN(CC(=O)Nc1c(-c2ccccc2)c(C)nn1-c1ccccc1C)S(=O)(=O)c1cccc2ccccc12. The van der Waals surface area contributed by atoms with E-state index in [4.69, 9.17) is 9.84 Å². The first-order valence-electron chi connectivity index (χ1n) is 13.8. The molecule has 0 fully saturated rings. The average molecular weight is 583 g/mol. The highest BCUT2D eigenvalue weighted by atomic mass is 32.2. The number of hydrogen-bond acceptors (Lipinski definition) is 5. The van der Waals surface area contributed by atoms with E-state index in [9.17, 15) is 13.2 Å². The molecule has 4 aromatic carbocycles. The number of ether oxygens (including phenoxy) is 1. The van der Waals surface area contributed by atoms with Crippen LogP contribution in [-0.2, 0) is 19.6 Å². The lowest BCUT2D eigenvalue weighted by atomic mass is 10.1. The lowest BCUT2D eigenvalue weighted by Gasteiger charge is -2.23. The first-order chi connectivity index (χ1) is 20.3. The molecule has 0 atom stereocenters. The quantitative estimate of drug-likeness (QED) is 0.194.